The quantitative estimate of drug-likeness (QED) is 0.600. The van der Waals surface area contributed by atoms with Gasteiger partial charge in [0.25, 0.3) is 0 Å². The lowest BCUT2D eigenvalue weighted by Crippen LogP contribution is -2.31. The Kier molecular flexibility index (Phi) is 8.52. The van der Waals surface area contributed by atoms with E-state index in [0.29, 0.717) is 12.5 Å². The van der Waals surface area contributed by atoms with Crippen molar-refractivity contribution in [3.63, 3.8) is 0 Å². The summed E-state index contributed by atoms with van der Waals surface area (Å²) in [6.07, 6.45) is 3.87. The molecule has 0 aromatic heterocycles. The molecule has 0 radical (unpaired) electrons. The summed E-state index contributed by atoms with van der Waals surface area (Å²) in [6.45, 7) is 2.77. The summed E-state index contributed by atoms with van der Waals surface area (Å²) in [5.41, 5.74) is 0. The second-order valence-corrected chi connectivity index (χ2v) is 3.47. The summed E-state index contributed by atoms with van der Waals surface area (Å²) < 4.78 is 11.7. The monoisotopic (exact) mass is 179 g/mol. The van der Waals surface area contributed by atoms with Gasteiger partial charge in [-0.05, 0) is 25.6 Å². The standard InChI is InChI=1S/C8H18FNS/c1-3-8(7-11-2)10-6-4-5-9/h8,10H,3-7H2,1-2H3. The average Bonchev–Trinajstić information content (AvgIpc) is 2.03. The zero-order chi connectivity index (χ0) is 8.53. The van der Waals surface area contributed by atoms with Crippen molar-refractivity contribution >= 4 is 11.8 Å². The van der Waals surface area contributed by atoms with Crippen LogP contribution < -0.4 is 5.32 Å². The van der Waals surface area contributed by atoms with E-state index in [1.165, 1.54) is 0 Å². The third kappa shape index (κ3) is 6.63. The van der Waals surface area contributed by atoms with E-state index in [0.717, 1.165) is 18.7 Å². The molecule has 0 fully saturated rings. The van der Waals surface area contributed by atoms with Gasteiger partial charge in [0.15, 0.2) is 0 Å². The molecule has 0 aromatic carbocycles. The van der Waals surface area contributed by atoms with Crippen LogP contribution in [-0.4, -0.2) is 31.3 Å². The fourth-order valence-electron chi connectivity index (χ4n) is 0.895. The van der Waals surface area contributed by atoms with Crippen molar-refractivity contribution in [2.75, 3.05) is 25.2 Å². The van der Waals surface area contributed by atoms with Gasteiger partial charge in [-0.3, -0.25) is 4.39 Å². The predicted molar refractivity (Wildman–Crippen MR) is 51.1 cm³/mol. The molecule has 1 N–H and O–H groups in total. The molecular formula is C8H18FNS. The fourth-order valence-corrected chi connectivity index (χ4v) is 1.65. The molecule has 0 aliphatic heterocycles. The van der Waals surface area contributed by atoms with Crippen LogP contribution in [0, 0.1) is 0 Å². The highest BCUT2D eigenvalue weighted by Crippen LogP contribution is 2.00. The number of thioether (sulfide) groups is 1. The average molecular weight is 179 g/mol. The first-order chi connectivity index (χ1) is 5.35. The van der Waals surface area contributed by atoms with Crippen LogP contribution in [0.2, 0.25) is 0 Å². The van der Waals surface area contributed by atoms with Crippen molar-refractivity contribution in [2.24, 2.45) is 0 Å². The molecule has 11 heavy (non-hydrogen) atoms. The van der Waals surface area contributed by atoms with Gasteiger partial charge in [0.2, 0.25) is 0 Å². The van der Waals surface area contributed by atoms with E-state index >= 15 is 0 Å². The van der Waals surface area contributed by atoms with E-state index in [1.54, 1.807) is 0 Å². The van der Waals surface area contributed by atoms with Crippen LogP contribution in [0.4, 0.5) is 4.39 Å². The molecule has 1 unspecified atom stereocenters. The fraction of sp³-hybridized carbons (Fsp3) is 1.00. The second kappa shape index (κ2) is 8.34. The molecule has 0 amide bonds. The zero-order valence-electron chi connectivity index (χ0n) is 7.40. The normalized spacial score (nSPS) is 13.4. The zero-order valence-corrected chi connectivity index (χ0v) is 8.22. The van der Waals surface area contributed by atoms with Gasteiger partial charge in [-0.25, -0.2) is 0 Å². The van der Waals surface area contributed by atoms with Crippen LogP contribution in [0.15, 0.2) is 0 Å². The van der Waals surface area contributed by atoms with E-state index in [-0.39, 0.29) is 6.67 Å². The van der Waals surface area contributed by atoms with Crippen molar-refractivity contribution in [3.8, 4) is 0 Å². The Morgan fingerprint density at radius 1 is 1.55 bits per heavy atom. The summed E-state index contributed by atoms with van der Waals surface area (Å²) in [6, 6.07) is 0.566. The van der Waals surface area contributed by atoms with Crippen LogP contribution in [0.5, 0.6) is 0 Å². The minimum Gasteiger partial charge on any atom is -0.313 e. The highest BCUT2D eigenvalue weighted by atomic mass is 32.2. The molecule has 0 bridgehead atoms. The summed E-state index contributed by atoms with van der Waals surface area (Å²) in [4.78, 5) is 0. The SMILES string of the molecule is CCC(CSC)NCCCF. The Balaban J connectivity index is 3.20. The molecule has 0 heterocycles. The first-order valence-corrected chi connectivity index (χ1v) is 5.52. The Hall–Kier alpha value is 0.240. The maximum absolute atomic E-state index is 11.7. The van der Waals surface area contributed by atoms with E-state index in [2.05, 4.69) is 18.5 Å². The molecule has 0 aromatic rings. The van der Waals surface area contributed by atoms with Gasteiger partial charge in [0.05, 0.1) is 6.67 Å². The first-order valence-electron chi connectivity index (χ1n) is 4.13. The molecule has 0 aliphatic carbocycles. The smallest absolute Gasteiger partial charge is 0.0906 e. The largest absolute Gasteiger partial charge is 0.313 e. The highest BCUT2D eigenvalue weighted by molar-refractivity contribution is 7.98. The number of nitrogens with one attached hydrogen (secondary N) is 1. The third-order valence-corrected chi connectivity index (χ3v) is 2.34. The van der Waals surface area contributed by atoms with Crippen LogP contribution in [0.1, 0.15) is 19.8 Å². The first kappa shape index (κ1) is 11.2. The van der Waals surface area contributed by atoms with Crippen molar-refractivity contribution in [1.29, 1.82) is 0 Å². The van der Waals surface area contributed by atoms with E-state index in [4.69, 9.17) is 0 Å². The van der Waals surface area contributed by atoms with Gasteiger partial charge in [-0.1, -0.05) is 6.92 Å². The minimum atomic E-state index is -0.206. The molecule has 1 atom stereocenters. The lowest BCUT2D eigenvalue weighted by molar-refractivity contribution is 0.441. The number of hydrogen-bond acceptors (Lipinski definition) is 2. The highest BCUT2D eigenvalue weighted by Gasteiger charge is 2.02. The van der Waals surface area contributed by atoms with Gasteiger partial charge in [-0.15, -0.1) is 0 Å². The number of hydrogen-bond donors (Lipinski definition) is 1. The maximum atomic E-state index is 11.7. The van der Waals surface area contributed by atoms with Gasteiger partial charge in [0.1, 0.15) is 0 Å². The lowest BCUT2D eigenvalue weighted by atomic mass is 10.2. The van der Waals surface area contributed by atoms with Gasteiger partial charge in [0, 0.05) is 11.8 Å². The number of alkyl halides is 1. The predicted octanol–water partition coefficient (Wildman–Crippen LogP) is 2.08. The topological polar surface area (TPSA) is 12.0 Å². The minimum absolute atomic E-state index is 0.206. The van der Waals surface area contributed by atoms with Gasteiger partial charge in [-0.2, -0.15) is 11.8 Å². The van der Waals surface area contributed by atoms with Crippen LogP contribution in [-0.2, 0) is 0 Å². The molecular weight excluding hydrogens is 161 g/mol. The Labute approximate surface area is 73.1 Å². The van der Waals surface area contributed by atoms with Crippen molar-refractivity contribution in [2.45, 2.75) is 25.8 Å². The molecule has 1 nitrogen and oxygen atoms in total. The number of halogens is 1. The summed E-state index contributed by atoms with van der Waals surface area (Å²) in [5, 5.41) is 3.31. The second-order valence-electron chi connectivity index (χ2n) is 2.56. The molecule has 0 saturated heterocycles. The maximum Gasteiger partial charge on any atom is 0.0906 e. The van der Waals surface area contributed by atoms with E-state index in [1.807, 2.05) is 11.8 Å². The molecule has 68 valence electrons. The molecule has 0 aliphatic rings. The van der Waals surface area contributed by atoms with E-state index < -0.39 is 0 Å². The van der Waals surface area contributed by atoms with Gasteiger partial charge >= 0.3 is 0 Å². The van der Waals surface area contributed by atoms with Gasteiger partial charge < -0.3 is 5.32 Å². The number of rotatable bonds is 7. The van der Waals surface area contributed by atoms with Crippen molar-refractivity contribution in [1.82, 2.24) is 5.32 Å². The Morgan fingerprint density at radius 2 is 2.27 bits per heavy atom. The Morgan fingerprint density at radius 3 is 2.73 bits per heavy atom. The summed E-state index contributed by atoms with van der Waals surface area (Å²) >= 11 is 1.84. The van der Waals surface area contributed by atoms with Crippen LogP contribution in [0.25, 0.3) is 0 Å². The summed E-state index contributed by atoms with van der Waals surface area (Å²) in [5.74, 6) is 1.13. The molecule has 0 saturated carbocycles. The molecule has 3 heteroatoms. The lowest BCUT2D eigenvalue weighted by Gasteiger charge is -2.14. The molecule has 0 spiro atoms. The molecule has 0 rings (SSSR count). The third-order valence-electron chi connectivity index (χ3n) is 1.60. The van der Waals surface area contributed by atoms with Crippen molar-refractivity contribution in [3.05, 3.63) is 0 Å². The van der Waals surface area contributed by atoms with Crippen LogP contribution >= 0.6 is 11.8 Å². The van der Waals surface area contributed by atoms with Crippen molar-refractivity contribution < 1.29 is 4.39 Å². The van der Waals surface area contributed by atoms with E-state index in [9.17, 15) is 4.39 Å². The summed E-state index contributed by atoms with van der Waals surface area (Å²) in [7, 11) is 0. The Bertz CT molecular complexity index is 80.5. The van der Waals surface area contributed by atoms with Crippen LogP contribution in [0.3, 0.4) is 0 Å².